The van der Waals surface area contributed by atoms with Gasteiger partial charge < -0.3 is 5.32 Å². The van der Waals surface area contributed by atoms with Gasteiger partial charge >= 0.3 is 0 Å². The lowest BCUT2D eigenvalue weighted by Crippen LogP contribution is -2.15. The molecule has 3 rings (SSSR count). The summed E-state index contributed by atoms with van der Waals surface area (Å²) in [5.74, 6) is 1.08. The SMILES string of the molecule is O=C(CC1CCCC1)Nc1cnc(-n2cccn2)nc1. The summed E-state index contributed by atoms with van der Waals surface area (Å²) in [6.07, 6.45) is 12.1. The average molecular weight is 271 g/mol. The van der Waals surface area contributed by atoms with Crippen molar-refractivity contribution in [2.45, 2.75) is 32.1 Å². The van der Waals surface area contributed by atoms with Crippen LogP contribution in [0, 0.1) is 5.92 Å². The lowest BCUT2D eigenvalue weighted by molar-refractivity contribution is -0.117. The van der Waals surface area contributed by atoms with Gasteiger partial charge in [0.1, 0.15) is 0 Å². The highest BCUT2D eigenvalue weighted by Crippen LogP contribution is 2.27. The van der Waals surface area contributed by atoms with Crippen molar-refractivity contribution in [2.75, 3.05) is 5.32 Å². The van der Waals surface area contributed by atoms with E-state index in [2.05, 4.69) is 20.4 Å². The standard InChI is InChI=1S/C14H17N5O/c20-13(8-11-4-1-2-5-11)18-12-9-15-14(16-10-12)19-7-3-6-17-19/h3,6-7,9-11H,1-2,4-5,8H2,(H,18,20). The van der Waals surface area contributed by atoms with Crippen molar-refractivity contribution in [3.63, 3.8) is 0 Å². The number of hydrogen-bond donors (Lipinski definition) is 1. The Kier molecular flexibility index (Phi) is 3.71. The van der Waals surface area contributed by atoms with Crippen LogP contribution in [0.25, 0.3) is 5.95 Å². The zero-order chi connectivity index (χ0) is 13.8. The Bertz CT molecular complexity index is 558. The summed E-state index contributed by atoms with van der Waals surface area (Å²) in [7, 11) is 0. The first-order chi connectivity index (χ1) is 9.81. The fourth-order valence-corrected chi connectivity index (χ4v) is 2.58. The molecule has 1 N–H and O–H groups in total. The number of nitrogens with one attached hydrogen (secondary N) is 1. The Morgan fingerprint density at radius 1 is 1.30 bits per heavy atom. The highest BCUT2D eigenvalue weighted by atomic mass is 16.1. The maximum Gasteiger partial charge on any atom is 0.250 e. The molecule has 1 amide bonds. The van der Waals surface area contributed by atoms with Crippen LogP contribution in [-0.2, 0) is 4.79 Å². The molecule has 6 heteroatoms. The third-order valence-electron chi connectivity index (χ3n) is 3.58. The van der Waals surface area contributed by atoms with Crippen molar-refractivity contribution in [1.82, 2.24) is 19.7 Å². The summed E-state index contributed by atoms with van der Waals surface area (Å²) in [5, 5.41) is 6.90. The molecule has 1 aliphatic carbocycles. The number of aromatic nitrogens is 4. The molecule has 1 saturated carbocycles. The topological polar surface area (TPSA) is 72.7 Å². The summed E-state index contributed by atoms with van der Waals surface area (Å²) < 4.78 is 1.57. The molecule has 2 aromatic rings. The van der Waals surface area contributed by atoms with Gasteiger partial charge in [-0.3, -0.25) is 4.79 Å². The van der Waals surface area contributed by atoms with Gasteiger partial charge in [0.15, 0.2) is 0 Å². The van der Waals surface area contributed by atoms with Crippen LogP contribution < -0.4 is 5.32 Å². The fraction of sp³-hybridized carbons (Fsp3) is 0.429. The summed E-state index contributed by atoms with van der Waals surface area (Å²) in [4.78, 5) is 20.3. The largest absolute Gasteiger partial charge is 0.323 e. The van der Waals surface area contributed by atoms with Gasteiger partial charge in [-0.1, -0.05) is 12.8 Å². The van der Waals surface area contributed by atoms with E-state index in [-0.39, 0.29) is 5.91 Å². The van der Waals surface area contributed by atoms with Gasteiger partial charge in [0.05, 0.1) is 18.1 Å². The number of nitrogens with zero attached hydrogens (tertiary/aromatic N) is 4. The Morgan fingerprint density at radius 2 is 2.05 bits per heavy atom. The lowest BCUT2D eigenvalue weighted by Gasteiger charge is -2.09. The number of carbonyl (C=O) groups is 1. The van der Waals surface area contributed by atoms with E-state index in [1.807, 2.05) is 0 Å². The van der Waals surface area contributed by atoms with E-state index in [9.17, 15) is 4.79 Å². The molecular weight excluding hydrogens is 254 g/mol. The minimum atomic E-state index is 0.0485. The first-order valence-corrected chi connectivity index (χ1v) is 6.93. The molecule has 0 radical (unpaired) electrons. The highest BCUT2D eigenvalue weighted by Gasteiger charge is 2.18. The molecule has 1 fully saturated rings. The Labute approximate surface area is 117 Å². The van der Waals surface area contributed by atoms with E-state index in [1.54, 1.807) is 35.5 Å². The van der Waals surface area contributed by atoms with Crippen molar-refractivity contribution in [3.8, 4) is 5.95 Å². The molecule has 1 aliphatic rings. The minimum Gasteiger partial charge on any atom is -0.323 e. The average Bonchev–Trinajstić information content (AvgIpc) is 3.12. The maximum atomic E-state index is 11.9. The maximum absolute atomic E-state index is 11.9. The summed E-state index contributed by atoms with van der Waals surface area (Å²) in [6, 6.07) is 1.81. The quantitative estimate of drug-likeness (QED) is 0.925. The molecule has 2 heterocycles. The number of anilines is 1. The Morgan fingerprint density at radius 3 is 2.70 bits per heavy atom. The highest BCUT2D eigenvalue weighted by molar-refractivity contribution is 5.90. The number of hydrogen-bond acceptors (Lipinski definition) is 4. The van der Waals surface area contributed by atoms with Gasteiger partial charge in [-0.15, -0.1) is 0 Å². The van der Waals surface area contributed by atoms with Gasteiger partial charge in [-0.05, 0) is 24.8 Å². The molecule has 0 unspecified atom stereocenters. The second kappa shape index (κ2) is 5.81. The normalized spacial score (nSPS) is 15.4. The van der Waals surface area contributed by atoms with E-state index in [1.165, 1.54) is 25.7 Å². The monoisotopic (exact) mass is 271 g/mol. The van der Waals surface area contributed by atoms with Gasteiger partial charge in [-0.25, -0.2) is 14.6 Å². The van der Waals surface area contributed by atoms with Crippen molar-refractivity contribution < 1.29 is 4.79 Å². The molecule has 104 valence electrons. The lowest BCUT2D eigenvalue weighted by atomic mass is 10.0. The van der Waals surface area contributed by atoms with E-state index in [0.29, 0.717) is 24.0 Å². The van der Waals surface area contributed by atoms with E-state index in [4.69, 9.17) is 0 Å². The fourth-order valence-electron chi connectivity index (χ4n) is 2.58. The van der Waals surface area contributed by atoms with Crippen LogP contribution >= 0.6 is 0 Å². The first kappa shape index (κ1) is 12.8. The molecular formula is C14H17N5O. The van der Waals surface area contributed by atoms with Crippen molar-refractivity contribution >= 4 is 11.6 Å². The summed E-state index contributed by atoms with van der Waals surface area (Å²) >= 11 is 0. The zero-order valence-electron chi connectivity index (χ0n) is 11.2. The van der Waals surface area contributed by atoms with Crippen LogP contribution in [0.5, 0.6) is 0 Å². The Hall–Kier alpha value is -2.24. The third-order valence-corrected chi connectivity index (χ3v) is 3.58. The van der Waals surface area contributed by atoms with Crippen LogP contribution in [0.2, 0.25) is 0 Å². The van der Waals surface area contributed by atoms with E-state index in [0.717, 1.165) is 0 Å². The molecule has 0 saturated heterocycles. The number of carbonyl (C=O) groups excluding carboxylic acids is 1. The van der Waals surface area contributed by atoms with Crippen molar-refractivity contribution in [1.29, 1.82) is 0 Å². The molecule has 0 spiro atoms. The third kappa shape index (κ3) is 3.01. The summed E-state index contributed by atoms with van der Waals surface area (Å²) in [5.41, 5.74) is 0.629. The molecule has 0 atom stereocenters. The molecule has 0 aliphatic heterocycles. The second-order valence-electron chi connectivity index (χ2n) is 5.13. The molecule has 20 heavy (non-hydrogen) atoms. The Balaban J connectivity index is 1.59. The predicted molar refractivity (Wildman–Crippen MR) is 74.4 cm³/mol. The smallest absolute Gasteiger partial charge is 0.250 e. The molecule has 2 aromatic heterocycles. The second-order valence-corrected chi connectivity index (χ2v) is 5.13. The zero-order valence-corrected chi connectivity index (χ0v) is 11.2. The summed E-state index contributed by atoms with van der Waals surface area (Å²) in [6.45, 7) is 0. The van der Waals surface area contributed by atoms with Gasteiger partial charge in [0.2, 0.25) is 5.91 Å². The van der Waals surface area contributed by atoms with Crippen LogP contribution in [-0.4, -0.2) is 25.7 Å². The molecule has 6 nitrogen and oxygen atoms in total. The number of rotatable bonds is 4. The predicted octanol–water partition coefficient (Wildman–Crippen LogP) is 2.18. The first-order valence-electron chi connectivity index (χ1n) is 6.93. The van der Waals surface area contributed by atoms with E-state index < -0.39 is 0 Å². The number of amides is 1. The van der Waals surface area contributed by atoms with E-state index >= 15 is 0 Å². The molecule has 0 aromatic carbocycles. The van der Waals surface area contributed by atoms with Crippen LogP contribution in [0.4, 0.5) is 5.69 Å². The van der Waals surface area contributed by atoms with Gasteiger partial charge in [0.25, 0.3) is 5.95 Å². The van der Waals surface area contributed by atoms with Crippen LogP contribution in [0.15, 0.2) is 30.9 Å². The molecule has 0 bridgehead atoms. The minimum absolute atomic E-state index is 0.0485. The van der Waals surface area contributed by atoms with Crippen LogP contribution in [0.3, 0.4) is 0 Å². The van der Waals surface area contributed by atoms with Crippen LogP contribution in [0.1, 0.15) is 32.1 Å². The van der Waals surface area contributed by atoms with Gasteiger partial charge in [-0.2, -0.15) is 5.10 Å². The van der Waals surface area contributed by atoms with Crippen molar-refractivity contribution in [3.05, 3.63) is 30.9 Å². The van der Waals surface area contributed by atoms with Crippen molar-refractivity contribution in [2.24, 2.45) is 5.92 Å². The van der Waals surface area contributed by atoms with Gasteiger partial charge in [0, 0.05) is 18.8 Å².